The van der Waals surface area contributed by atoms with Gasteiger partial charge >= 0.3 is 0 Å². The summed E-state index contributed by atoms with van der Waals surface area (Å²) < 4.78 is 12.0. The Morgan fingerprint density at radius 3 is 2.59 bits per heavy atom. The maximum Gasteiger partial charge on any atom is 0.291 e. The number of furan rings is 1. The van der Waals surface area contributed by atoms with Crippen molar-refractivity contribution >= 4 is 28.3 Å². The van der Waals surface area contributed by atoms with E-state index >= 15 is 0 Å². The summed E-state index contributed by atoms with van der Waals surface area (Å²) in [6, 6.07) is 9.28. The van der Waals surface area contributed by atoms with Crippen LogP contribution in [0.5, 0.6) is 5.75 Å². The van der Waals surface area contributed by atoms with Gasteiger partial charge in [-0.2, -0.15) is 0 Å². The van der Waals surface area contributed by atoms with Crippen molar-refractivity contribution in [1.82, 2.24) is 0 Å². The Bertz CT molecular complexity index is 1160. The molecule has 1 aromatic heterocycles. The Morgan fingerprint density at radius 1 is 1.14 bits per heavy atom. The van der Waals surface area contributed by atoms with Gasteiger partial charge in [0.15, 0.2) is 11.5 Å². The third kappa shape index (κ3) is 3.20. The average molecular weight is 391 g/mol. The topological polar surface area (TPSA) is 68.5 Å². The molecule has 1 atom stereocenters. The smallest absolute Gasteiger partial charge is 0.291 e. The molecule has 1 aliphatic rings. The Kier molecular flexibility index (Phi) is 4.49. The first kappa shape index (κ1) is 19.2. The van der Waals surface area contributed by atoms with Gasteiger partial charge in [-0.3, -0.25) is 9.59 Å². The molecule has 5 nitrogen and oxygen atoms in total. The lowest BCUT2D eigenvalue weighted by atomic mass is 9.87. The summed E-state index contributed by atoms with van der Waals surface area (Å²) >= 11 is 0. The maximum atomic E-state index is 12.9. The van der Waals surface area contributed by atoms with Gasteiger partial charge in [0.2, 0.25) is 0 Å². The van der Waals surface area contributed by atoms with Crippen LogP contribution in [0, 0.1) is 20.8 Å². The first-order chi connectivity index (χ1) is 13.7. The van der Waals surface area contributed by atoms with Gasteiger partial charge in [-0.15, -0.1) is 0 Å². The summed E-state index contributed by atoms with van der Waals surface area (Å²) in [7, 11) is 0. The van der Waals surface area contributed by atoms with E-state index in [0.717, 1.165) is 17.5 Å². The van der Waals surface area contributed by atoms with Gasteiger partial charge in [0.1, 0.15) is 16.9 Å². The molecule has 2 heterocycles. The predicted octanol–water partition coefficient (Wildman–Crippen LogP) is 5.74. The van der Waals surface area contributed by atoms with Crippen LogP contribution in [-0.4, -0.2) is 17.3 Å². The quantitative estimate of drug-likeness (QED) is 0.618. The molecule has 3 aromatic rings. The van der Waals surface area contributed by atoms with E-state index in [9.17, 15) is 9.59 Å². The second-order valence-electron chi connectivity index (χ2n) is 8.13. The second kappa shape index (κ2) is 6.76. The van der Waals surface area contributed by atoms with E-state index in [1.807, 2.05) is 52.8 Å². The number of carbonyl (C=O) groups excluding carboxylic acids is 2. The van der Waals surface area contributed by atoms with Gasteiger partial charge in [0.05, 0.1) is 12.0 Å². The SMILES string of the molecule is CC[C@]1(C)CC(=O)c2c(ccc3oc(C(=O)Nc4ccc(C)c(C)c4)c(C)c23)O1. The van der Waals surface area contributed by atoms with Crippen molar-refractivity contribution in [1.29, 1.82) is 0 Å². The van der Waals surface area contributed by atoms with Crippen LogP contribution in [0.2, 0.25) is 0 Å². The fraction of sp³-hybridized carbons (Fsp3) is 0.333. The Balaban J connectivity index is 1.75. The number of hydrogen-bond donors (Lipinski definition) is 1. The predicted molar refractivity (Wildman–Crippen MR) is 113 cm³/mol. The zero-order valence-corrected chi connectivity index (χ0v) is 17.4. The number of hydrogen-bond acceptors (Lipinski definition) is 4. The van der Waals surface area contributed by atoms with Gasteiger partial charge in [-0.25, -0.2) is 0 Å². The summed E-state index contributed by atoms with van der Waals surface area (Å²) in [6.45, 7) is 9.79. The summed E-state index contributed by atoms with van der Waals surface area (Å²) in [6.07, 6.45) is 1.05. The minimum atomic E-state index is -0.501. The number of rotatable bonds is 3. The summed E-state index contributed by atoms with van der Waals surface area (Å²) in [5, 5.41) is 3.56. The van der Waals surface area contributed by atoms with Crippen molar-refractivity contribution in [3.05, 3.63) is 58.3 Å². The minimum Gasteiger partial charge on any atom is -0.486 e. The number of fused-ring (bicyclic) bond motifs is 3. The van der Waals surface area contributed by atoms with E-state index in [1.165, 1.54) is 0 Å². The molecular weight excluding hydrogens is 366 g/mol. The van der Waals surface area contributed by atoms with Crippen molar-refractivity contribution in [3.8, 4) is 5.75 Å². The van der Waals surface area contributed by atoms with E-state index in [0.29, 0.717) is 40.0 Å². The highest BCUT2D eigenvalue weighted by Crippen LogP contribution is 2.41. The summed E-state index contributed by atoms with van der Waals surface area (Å²) in [4.78, 5) is 25.8. The van der Waals surface area contributed by atoms with Gasteiger partial charge in [-0.05, 0) is 69.5 Å². The molecule has 5 heteroatoms. The Labute approximate surface area is 170 Å². The number of Topliss-reactive ketones (excluding diaryl/α,β-unsaturated/α-hetero) is 1. The lowest BCUT2D eigenvalue weighted by Gasteiger charge is -2.34. The third-order valence-corrected chi connectivity index (χ3v) is 5.95. The molecule has 0 bridgehead atoms. The zero-order chi connectivity index (χ0) is 20.9. The number of ether oxygens (including phenoxy) is 1. The number of amides is 1. The molecule has 0 aliphatic carbocycles. The van der Waals surface area contributed by atoms with Crippen LogP contribution >= 0.6 is 0 Å². The molecule has 0 radical (unpaired) electrons. The molecule has 1 amide bonds. The van der Waals surface area contributed by atoms with Gasteiger partial charge in [0.25, 0.3) is 5.91 Å². The molecule has 0 saturated heterocycles. The lowest BCUT2D eigenvalue weighted by molar-refractivity contribution is 0.0503. The van der Waals surface area contributed by atoms with Crippen LogP contribution in [0.1, 0.15) is 64.3 Å². The van der Waals surface area contributed by atoms with Crippen LogP contribution in [0.25, 0.3) is 11.0 Å². The first-order valence-corrected chi connectivity index (χ1v) is 9.89. The van der Waals surface area contributed by atoms with Crippen LogP contribution in [0.3, 0.4) is 0 Å². The normalized spacial score (nSPS) is 18.4. The standard InChI is InChI=1S/C24H25NO4/c1-6-24(5)12-17(26)21-19(29-24)10-9-18-20(21)15(4)22(28-18)23(27)25-16-8-7-13(2)14(3)11-16/h7-11H,6,12H2,1-5H3,(H,25,27)/t24-/m1/s1. The highest BCUT2D eigenvalue weighted by atomic mass is 16.5. The molecule has 1 N–H and O–H groups in total. The van der Waals surface area contributed by atoms with Crippen molar-refractivity contribution in [2.24, 2.45) is 0 Å². The van der Waals surface area contributed by atoms with E-state index in [-0.39, 0.29) is 17.5 Å². The van der Waals surface area contributed by atoms with E-state index in [4.69, 9.17) is 9.15 Å². The van der Waals surface area contributed by atoms with E-state index in [2.05, 4.69) is 5.32 Å². The average Bonchev–Trinajstić information content (AvgIpc) is 3.01. The largest absolute Gasteiger partial charge is 0.486 e. The molecule has 4 rings (SSSR count). The summed E-state index contributed by atoms with van der Waals surface area (Å²) in [5.74, 6) is 0.455. The molecule has 0 spiro atoms. The number of anilines is 1. The molecule has 0 fully saturated rings. The first-order valence-electron chi connectivity index (χ1n) is 9.89. The molecule has 0 unspecified atom stereocenters. The molecule has 0 saturated carbocycles. The number of aryl methyl sites for hydroxylation is 3. The fourth-order valence-electron chi connectivity index (χ4n) is 3.83. The van der Waals surface area contributed by atoms with Crippen molar-refractivity contribution in [2.45, 2.75) is 53.1 Å². The Morgan fingerprint density at radius 2 is 1.90 bits per heavy atom. The van der Waals surface area contributed by atoms with E-state index in [1.54, 1.807) is 12.1 Å². The van der Waals surface area contributed by atoms with Crippen LogP contribution < -0.4 is 10.1 Å². The zero-order valence-electron chi connectivity index (χ0n) is 17.4. The van der Waals surface area contributed by atoms with Gasteiger partial charge < -0.3 is 14.5 Å². The number of nitrogens with one attached hydrogen (secondary N) is 1. The molecule has 1 aliphatic heterocycles. The lowest BCUT2D eigenvalue weighted by Crippen LogP contribution is -2.38. The summed E-state index contributed by atoms with van der Waals surface area (Å²) in [5.41, 5.74) is 4.14. The molecule has 29 heavy (non-hydrogen) atoms. The third-order valence-electron chi connectivity index (χ3n) is 5.95. The van der Waals surface area contributed by atoms with E-state index < -0.39 is 5.60 Å². The van der Waals surface area contributed by atoms with Gasteiger partial charge in [-0.1, -0.05) is 13.0 Å². The van der Waals surface area contributed by atoms with Crippen LogP contribution in [-0.2, 0) is 0 Å². The fourth-order valence-corrected chi connectivity index (χ4v) is 3.83. The number of ketones is 1. The second-order valence-corrected chi connectivity index (χ2v) is 8.13. The van der Waals surface area contributed by atoms with Crippen LogP contribution in [0.15, 0.2) is 34.7 Å². The molecular formula is C24H25NO4. The monoisotopic (exact) mass is 391 g/mol. The van der Waals surface area contributed by atoms with Crippen molar-refractivity contribution in [2.75, 3.05) is 5.32 Å². The minimum absolute atomic E-state index is 0.0196. The highest BCUT2D eigenvalue weighted by Gasteiger charge is 2.37. The number of benzene rings is 2. The molecule has 2 aromatic carbocycles. The number of carbonyl (C=O) groups is 2. The molecule has 150 valence electrons. The van der Waals surface area contributed by atoms with Gasteiger partial charge in [0, 0.05) is 16.6 Å². The van der Waals surface area contributed by atoms with Crippen molar-refractivity contribution < 1.29 is 18.7 Å². The Hall–Kier alpha value is -3.08. The van der Waals surface area contributed by atoms with Crippen LogP contribution in [0.4, 0.5) is 5.69 Å². The highest BCUT2D eigenvalue weighted by molar-refractivity contribution is 6.14. The van der Waals surface area contributed by atoms with Crippen molar-refractivity contribution in [3.63, 3.8) is 0 Å². The maximum absolute atomic E-state index is 12.9.